The van der Waals surface area contributed by atoms with E-state index in [1.165, 1.54) is 41.7 Å². The maximum Gasteiger partial charge on any atom is 0.269 e. The van der Waals surface area contributed by atoms with Gasteiger partial charge in [0.15, 0.2) is 0 Å². The smallest absolute Gasteiger partial charge is 0.258 e. The largest absolute Gasteiger partial charge is 0.269 e. The van der Waals surface area contributed by atoms with Gasteiger partial charge in [0.2, 0.25) is 0 Å². The lowest BCUT2D eigenvalue weighted by Gasteiger charge is -2.23. The second-order valence-electron chi connectivity index (χ2n) is 4.61. The summed E-state index contributed by atoms with van der Waals surface area (Å²) < 4.78 is 26.7. The summed E-state index contributed by atoms with van der Waals surface area (Å²) in [6, 6.07) is 8.34. The molecule has 0 N–H and O–H groups in total. The topological polar surface area (TPSA) is 80.5 Å². The quantitative estimate of drug-likeness (QED) is 0.601. The van der Waals surface area contributed by atoms with Crippen LogP contribution in [0.1, 0.15) is 18.5 Å². The van der Waals surface area contributed by atoms with Crippen molar-refractivity contribution < 1.29 is 13.3 Å². The predicted molar refractivity (Wildman–Crippen MR) is 85.8 cm³/mol. The van der Waals surface area contributed by atoms with Gasteiger partial charge in [-0.3, -0.25) is 10.1 Å². The van der Waals surface area contributed by atoms with Gasteiger partial charge in [0, 0.05) is 25.2 Å². The second-order valence-corrected chi connectivity index (χ2v) is 8.55. The van der Waals surface area contributed by atoms with Gasteiger partial charge < -0.3 is 0 Å². The van der Waals surface area contributed by atoms with E-state index in [1.54, 1.807) is 13.0 Å². The summed E-state index contributed by atoms with van der Waals surface area (Å²) in [5.74, 6) is 0. The number of sulfonamides is 1. The average molecular weight is 361 g/mol. The molecule has 118 valence electrons. The highest BCUT2D eigenvalue weighted by Crippen LogP contribution is 2.32. The highest BCUT2D eigenvalue weighted by molar-refractivity contribution is 7.91. The number of nitro benzene ring substituents is 1. The van der Waals surface area contributed by atoms with E-state index in [-0.39, 0.29) is 9.90 Å². The third-order valence-electron chi connectivity index (χ3n) is 3.29. The van der Waals surface area contributed by atoms with Crippen LogP contribution in [0.4, 0.5) is 5.69 Å². The number of hydrogen-bond donors (Lipinski definition) is 0. The minimum Gasteiger partial charge on any atom is -0.258 e. The van der Waals surface area contributed by atoms with Crippen molar-refractivity contribution in [2.24, 2.45) is 0 Å². The number of non-ortho nitro benzene ring substituents is 1. The van der Waals surface area contributed by atoms with Crippen molar-refractivity contribution in [1.82, 2.24) is 4.31 Å². The van der Waals surface area contributed by atoms with E-state index in [9.17, 15) is 18.5 Å². The van der Waals surface area contributed by atoms with Crippen molar-refractivity contribution >= 4 is 38.6 Å². The van der Waals surface area contributed by atoms with Crippen molar-refractivity contribution in [3.63, 3.8) is 0 Å². The highest BCUT2D eigenvalue weighted by Gasteiger charge is 2.28. The zero-order valence-corrected chi connectivity index (χ0v) is 14.2. The summed E-state index contributed by atoms with van der Waals surface area (Å²) >= 11 is 6.76. The van der Waals surface area contributed by atoms with E-state index in [1.807, 2.05) is 0 Å². The molecule has 0 fully saturated rings. The predicted octanol–water partition coefficient (Wildman–Crippen LogP) is 3.69. The van der Waals surface area contributed by atoms with Crippen LogP contribution in [0.25, 0.3) is 0 Å². The molecule has 0 aliphatic rings. The lowest BCUT2D eigenvalue weighted by molar-refractivity contribution is -0.384. The Morgan fingerprint density at radius 3 is 2.55 bits per heavy atom. The Morgan fingerprint density at radius 2 is 2.00 bits per heavy atom. The van der Waals surface area contributed by atoms with Gasteiger partial charge in [-0.2, -0.15) is 4.31 Å². The van der Waals surface area contributed by atoms with Gasteiger partial charge in [-0.25, -0.2) is 8.42 Å². The normalized spacial score (nSPS) is 13.3. The van der Waals surface area contributed by atoms with Gasteiger partial charge in [0.1, 0.15) is 4.21 Å². The zero-order valence-electron chi connectivity index (χ0n) is 11.8. The molecule has 22 heavy (non-hydrogen) atoms. The van der Waals surface area contributed by atoms with Crippen molar-refractivity contribution in [1.29, 1.82) is 0 Å². The Bertz CT molecular complexity index is 804. The number of nitro groups is 1. The van der Waals surface area contributed by atoms with Crippen LogP contribution in [-0.4, -0.2) is 24.7 Å². The van der Waals surface area contributed by atoms with Crippen molar-refractivity contribution in [3.8, 4) is 0 Å². The second kappa shape index (κ2) is 6.33. The molecule has 0 saturated heterocycles. The molecule has 0 aliphatic heterocycles. The minimum absolute atomic E-state index is 0.0747. The van der Waals surface area contributed by atoms with Crippen LogP contribution in [0.5, 0.6) is 0 Å². The molecule has 2 rings (SSSR count). The first-order valence-electron chi connectivity index (χ1n) is 6.21. The average Bonchev–Trinajstić information content (AvgIpc) is 2.93. The molecule has 1 aromatic carbocycles. The molecule has 1 atom stereocenters. The molecule has 1 unspecified atom stereocenters. The van der Waals surface area contributed by atoms with Crippen LogP contribution in [0, 0.1) is 10.1 Å². The molecule has 2 aromatic rings. The van der Waals surface area contributed by atoms with Crippen LogP contribution in [-0.2, 0) is 10.0 Å². The number of nitrogens with zero attached hydrogens (tertiary/aromatic N) is 2. The maximum atomic E-state index is 12.5. The van der Waals surface area contributed by atoms with E-state index in [0.29, 0.717) is 9.90 Å². The number of rotatable bonds is 5. The standard InChI is InChI=1S/C13H13ClN2O4S2/c1-9(10-4-3-5-11(8-10)16(17)18)15(2)22(19,20)13-7-6-12(14)21-13/h3-9H,1-2H3. The molecule has 0 spiro atoms. The number of hydrogen-bond acceptors (Lipinski definition) is 5. The first-order chi connectivity index (χ1) is 10.2. The third kappa shape index (κ3) is 3.30. The van der Waals surface area contributed by atoms with Crippen LogP contribution in [0.2, 0.25) is 4.34 Å². The molecule has 0 radical (unpaired) electrons. The van der Waals surface area contributed by atoms with E-state index in [0.717, 1.165) is 11.3 Å². The third-order valence-corrected chi connectivity index (χ3v) is 6.92. The fourth-order valence-corrected chi connectivity index (χ4v) is 4.91. The Balaban J connectivity index is 2.34. The summed E-state index contributed by atoms with van der Waals surface area (Å²) in [6.45, 7) is 1.67. The summed E-state index contributed by atoms with van der Waals surface area (Å²) in [4.78, 5) is 10.3. The van der Waals surface area contributed by atoms with Gasteiger partial charge in [-0.15, -0.1) is 11.3 Å². The summed E-state index contributed by atoms with van der Waals surface area (Å²) in [7, 11) is -2.26. The fourth-order valence-electron chi connectivity index (χ4n) is 1.89. The SMILES string of the molecule is CC(c1cccc([N+](=O)[O-])c1)N(C)S(=O)(=O)c1ccc(Cl)s1. The molecular formula is C13H13ClN2O4S2. The minimum atomic E-state index is -3.70. The molecule has 0 bridgehead atoms. The fraction of sp³-hybridized carbons (Fsp3) is 0.231. The van der Waals surface area contributed by atoms with Gasteiger partial charge >= 0.3 is 0 Å². The number of halogens is 1. The molecule has 0 aliphatic carbocycles. The molecular weight excluding hydrogens is 348 g/mol. The lowest BCUT2D eigenvalue weighted by Crippen LogP contribution is -2.29. The molecule has 1 aromatic heterocycles. The van der Waals surface area contributed by atoms with Gasteiger partial charge in [0.25, 0.3) is 15.7 Å². The maximum absolute atomic E-state index is 12.5. The van der Waals surface area contributed by atoms with E-state index < -0.39 is 21.0 Å². The summed E-state index contributed by atoms with van der Waals surface area (Å²) in [5, 5.41) is 10.8. The van der Waals surface area contributed by atoms with Crippen LogP contribution in [0.15, 0.2) is 40.6 Å². The summed E-state index contributed by atoms with van der Waals surface area (Å²) in [5.41, 5.74) is 0.470. The molecule has 0 amide bonds. The molecule has 0 saturated carbocycles. The lowest BCUT2D eigenvalue weighted by atomic mass is 10.1. The summed E-state index contributed by atoms with van der Waals surface area (Å²) in [6.07, 6.45) is 0. The van der Waals surface area contributed by atoms with E-state index in [4.69, 9.17) is 11.6 Å². The molecule has 6 nitrogen and oxygen atoms in total. The Labute approximate surface area is 137 Å². The number of benzene rings is 1. The molecule has 1 heterocycles. The van der Waals surface area contributed by atoms with Crippen molar-refractivity contribution in [3.05, 3.63) is 56.4 Å². The van der Waals surface area contributed by atoms with Gasteiger partial charge in [0.05, 0.1) is 9.26 Å². The Morgan fingerprint density at radius 1 is 1.32 bits per heavy atom. The molecule has 9 heteroatoms. The Kier molecular flexibility index (Phi) is 4.86. The monoisotopic (exact) mass is 360 g/mol. The van der Waals surface area contributed by atoms with Crippen LogP contribution < -0.4 is 0 Å². The Hall–Kier alpha value is -1.48. The zero-order chi connectivity index (χ0) is 16.5. The van der Waals surface area contributed by atoms with Crippen LogP contribution >= 0.6 is 22.9 Å². The van der Waals surface area contributed by atoms with Crippen molar-refractivity contribution in [2.45, 2.75) is 17.2 Å². The highest BCUT2D eigenvalue weighted by atomic mass is 35.5. The van der Waals surface area contributed by atoms with E-state index in [2.05, 4.69) is 0 Å². The first-order valence-corrected chi connectivity index (χ1v) is 8.84. The number of thiophene rings is 1. The van der Waals surface area contributed by atoms with Gasteiger partial charge in [-0.1, -0.05) is 23.7 Å². The van der Waals surface area contributed by atoms with Gasteiger partial charge in [-0.05, 0) is 24.6 Å². The van der Waals surface area contributed by atoms with Crippen molar-refractivity contribution in [2.75, 3.05) is 7.05 Å². The van der Waals surface area contributed by atoms with Crippen LogP contribution in [0.3, 0.4) is 0 Å². The first kappa shape index (κ1) is 16.9. The van der Waals surface area contributed by atoms with E-state index >= 15 is 0 Å².